The number of H-pyrrole nitrogens is 1. The number of aliphatic hydroxyl groups is 2. The minimum atomic E-state index is -1.19. The van der Waals surface area contributed by atoms with Crippen LogP contribution >= 0.6 is 0 Å². The number of aromatic amines is 1. The lowest BCUT2D eigenvalue weighted by atomic mass is 10.0. The molecule has 0 radical (unpaired) electrons. The maximum absolute atomic E-state index is 11.7. The van der Waals surface area contributed by atoms with Gasteiger partial charge in [0.25, 0.3) is 5.56 Å². The van der Waals surface area contributed by atoms with Crippen LogP contribution in [0.15, 0.2) is 21.9 Å². The van der Waals surface area contributed by atoms with Gasteiger partial charge in [0.1, 0.15) is 12.2 Å². The molecule has 0 spiro atoms. The number of hydrogen-bond donors (Lipinski definition) is 3. The first-order valence-electron chi connectivity index (χ1n) is 6.87. The summed E-state index contributed by atoms with van der Waals surface area (Å²) in [4.78, 5) is 24.8. The average molecular weight is 284 g/mol. The molecule has 1 aliphatic rings. The first-order valence-corrected chi connectivity index (χ1v) is 6.87. The summed E-state index contributed by atoms with van der Waals surface area (Å²) < 4.78 is 6.67. The zero-order chi connectivity index (χ0) is 14.7. The van der Waals surface area contributed by atoms with Crippen molar-refractivity contribution in [2.75, 3.05) is 0 Å². The van der Waals surface area contributed by atoms with Crippen molar-refractivity contribution in [2.45, 2.75) is 57.1 Å². The van der Waals surface area contributed by atoms with Crippen LogP contribution in [0.5, 0.6) is 0 Å². The van der Waals surface area contributed by atoms with E-state index in [0.29, 0.717) is 6.42 Å². The van der Waals surface area contributed by atoms with Crippen molar-refractivity contribution < 1.29 is 14.9 Å². The molecule has 2 heterocycles. The Bertz CT molecular complexity index is 552. The molecule has 0 aromatic carbocycles. The van der Waals surface area contributed by atoms with Crippen molar-refractivity contribution >= 4 is 0 Å². The van der Waals surface area contributed by atoms with Gasteiger partial charge < -0.3 is 14.9 Å². The largest absolute Gasteiger partial charge is 0.388 e. The van der Waals surface area contributed by atoms with E-state index in [1.54, 1.807) is 0 Å². The lowest BCUT2D eigenvalue weighted by Gasteiger charge is -2.16. The van der Waals surface area contributed by atoms with Gasteiger partial charge in [0.05, 0.1) is 6.10 Å². The smallest absolute Gasteiger partial charge is 0.330 e. The van der Waals surface area contributed by atoms with E-state index in [9.17, 15) is 19.8 Å². The van der Waals surface area contributed by atoms with E-state index in [1.165, 1.54) is 12.3 Å². The lowest BCUT2D eigenvalue weighted by Crippen LogP contribution is -2.37. The summed E-state index contributed by atoms with van der Waals surface area (Å²) in [7, 11) is 0. The predicted octanol–water partition coefficient (Wildman–Crippen LogP) is -0.264. The highest BCUT2D eigenvalue weighted by Gasteiger charge is 2.43. The van der Waals surface area contributed by atoms with Crippen LogP contribution in [0.1, 0.15) is 38.8 Å². The molecule has 1 saturated heterocycles. The fourth-order valence-electron chi connectivity index (χ4n) is 2.42. The molecule has 1 fully saturated rings. The summed E-state index contributed by atoms with van der Waals surface area (Å²) in [6, 6.07) is 1.17. The summed E-state index contributed by atoms with van der Waals surface area (Å²) in [5.74, 6) is 0. The average Bonchev–Trinajstić information content (AvgIpc) is 2.68. The van der Waals surface area contributed by atoms with Gasteiger partial charge in [-0.15, -0.1) is 0 Å². The molecular formula is C13H20N2O5. The van der Waals surface area contributed by atoms with E-state index < -0.39 is 35.8 Å². The highest BCUT2D eigenvalue weighted by atomic mass is 16.6. The van der Waals surface area contributed by atoms with Crippen molar-refractivity contribution in [3.05, 3.63) is 33.1 Å². The normalized spacial score (nSPS) is 29.8. The summed E-state index contributed by atoms with van der Waals surface area (Å²) in [5, 5.41) is 20.0. The number of rotatable bonds is 5. The number of ether oxygens (including phenoxy) is 1. The maximum atomic E-state index is 11.7. The Morgan fingerprint density at radius 1 is 1.30 bits per heavy atom. The number of aromatic nitrogens is 2. The molecule has 4 atom stereocenters. The molecule has 1 aromatic heterocycles. The van der Waals surface area contributed by atoms with Gasteiger partial charge in [0.2, 0.25) is 0 Å². The van der Waals surface area contributed by atoms with Gasteiger partial charge in [-0.05, 0) is 6.42 Å². The number of nitrogens with zero attached hydrogens (tertiary/aromatic N) is 1. The third-order valence-corrected chi connectivity index (χ3v) is 3.55. The van der Waals surface area contributed by atoms with E-state index >= 15 is 0 Å². The molecular weight excluding hydrogens is 264 g/mol. The molecule has 0 bridgehead atoms. The summed E-state index contributed by atoms with van der Waals surface area (Å²) >= 11 is 0. The van der Waals surface area contributed by atoms with Crippen LogP contribution < -0.4 is 11.2 Å². The lowest BCUT2D eigenvalue weighted by molar-refractivity contribution is -0.0422. The van der Waals surface area contributed by atoms with Crippen LogP contribution in [-0.4, -0.2) is 38.1 Å². The van der Waals surface area contributed by atoms with E-state index in [2.05, 4.69) is 11.9 Å². The molecule has 7 nitrogen and oxygen atoms in total. The Balaban J connectivity index is 2.13. The zero-order valence-corrected chi connectivity index (χ0v) is 11.4. The van der Waals surface area contributed by atoms with Gasteiger partial charge in [0, 0.05) is 12.3 Å². The zero-order valence-electron chi connectivity index (χ0n) is 11.4. The van der Waals surface area contributed by atoms with Crippen molar-refractivity contribution in [1.82, 2.24) is 9.55 Å². The number of hydrogen-bond acceptors (Lipinski definition) is 5. The number of nitrogens with one attached hydrogen (secondary N) is 1. The summed E-state index contributed by atoms with van der Waals surface area (Å²) in [6.07, 6.45) is 1.15. The molecule has 7 heteroatoms. The molecule has 0 saturated carbocycles. The maximum Gasteiger partial charge on any atom is 0.330 e. The van der Waals surface area contributed by atoms with Crippen molar-refractivity contribution in [3.8, 4) is 0 Å². The number of aliphatic hydroxyl groups excluding tert-OH is 2. The Labute approximate surface area is 115 Å². The first kappa shape index (κ1) is 15.0. The summed E-state index contributed by atoms with van der Waals surface area (Å²) in [5.41, 5.74) is -1.18. The van der Waals surface area contributed by atoms with Crippen LogP contribution in [0.4, 0.5) is 0 Å². The first-order chi connectivity index (χ1) is 9.54. The molecule has 0 amide bonds. The molecule has 0 unspecified atom stereocenters. The van der Waals surface area contributed by atoms with Crippen molar-refractivity contribution in [3.63, 3.8) is 0 Å². The van der Waals surface area contributed by atoms with Crippen LogP contribution in [0.2, 0.25) is 0 Å². The minimum Gasteiger partial charge on any atom is -0.388 e. The van der Waals surface area contributed by atoms with Gasteiger partial charge in [-0.25, -0.2) is 4.79 Å². The number of unbranched alkanes of at least 4 members (excludes halogenated alkanes) is 2. The second-order valence-corrected chi connectivity index (χ2v) is 5.06. The molecule has 1 aliphatic heterocycles. The molecule has 2 rings (SSSR count). The van der Waals surface area contributed by atoms with E-state index in [4.69, 9.17) is 4.74 Å². The topological polar surface area (TPSA) is 105 Å². The van der Waals surface area contributed by atoms with Gasteiger partial charge >= 0.3 is 5.69 Å². The standard InChI is InChI=1S/C13H20N2O5/c1-2-3-4-5-8-10(17)11(18)12(20-8)15-7-6-9(16)14-13(15)19/h6-8,10-12,17-18H,2-5H2,1H3,(H,14,16,19)/t8-,10-,11-,12-/m1/s1. The third-order valence-electron chi connectivity index (χ3n) is 3.55. The Hall–Kier alpha value is -1.44. The third kappa shape index (κ3) is 3.00. The highest BCUT2D eigenvalue weighted by Crippen LogP contribution is 2.30. The predicted molar refractivity (Wildman–Crippen MR) is 71.4 cm³/mol. The van der Waals surface area contributed by atoms with Gasteiger partial charge in [-0.1, -0.05) is 26.2 Å². The fraction of sp³-hybridized carbons (Fsp3) is 0.692. The van der Waals surface area contributed by atoms with E-state index in [-0.39, 0.29) is 0 Å². The van der Waals surface area contributed by atoms with Crippen LogP contribution in [0, 0.1) is 0 Å². The van der Waals surface area contributed by atoms with Gasteiger partial charge in [-0.3, -0.25) is 14.3 Å². The monoisotopic (exact) mass is 284 g/mol. The molecule has 20 heavy (non-hydrogen) atoms. The second-order valence-electron chi connectivity index (χ2n) is 5.06. The van der Waals surface area contributed by atoms with Crippen LogP contribution in [0.25, 0.3) is 0 Å². The fourth-order valence-corrected chi connectivity index (χ4v) is 2.42. The molecule has 112 valence electrons. The minimum absolute atomic E-state index is 0.500. The quantitative estimate of drug-likeness (QED) is 0.646. The summed E-state index contributed by atoms with van der Waals surface area (Å²) in [6.45, 7) is 2.07. The highest BCUT2D eigenvalue weighted by molar-refractivity contribution is 4.93. The van der Waals surface area contributed by atoms with Crippen molar-refractivity contribution in [1.29, 1.82) is 0 Å². The Morgan fingerprint density at radius 2 is 2.05 bits per heavy atom. The van der Waals surface area contributed by atoms with Gasteiger partial charge in [0.15, 0.2) is 6.23 Å². The molecule has 1 aromatic rings. The van der Waals surface area contributed by atoms with E-state index in [1.807, 2.05) is 0 Å². The Kier molecular flexibility index (Phi) is 4.74. The molecule has 0 aliphatic carbocycles. The SMILES string of the molecule is CCCCC[C@H]1O[C@@H](n2ccc(=O)[nH]c2=O)[C@H](O)[C@@H]1O. The van der Waals surface area contributed by atoms with Crippen LogP contribution in [-0.2, 0) is 4.74 Å². The van der Waals surface area contributed by atoms with Gasteiger partial charge in [-0.2, -0.15) is 0 Å². The Morgan fingerprint density at radius 3 is 2.70 bits per heavy atom. The second kappa shape index (κ2) is 6.34. The van der Waals surface area contributed by atoms with Crippen LogP contribution in [0.3, 0.4) is 0 Å². The van der Waals surface area contributed by atoms with Crippen molar-refractivity contribution in [2.24, 2.45) is 0 Å². The molecule has 3 N–H and O–H groups in total. The van der Waals surface area contributed by atoms with E-state index in [0.717, 1.165) is 23.8 Å².